The van der Waals surface area contributed by atoms with Gasteiger partial charge in [-0.2, -0.15) is 0 Å². The molecule has 2 heterocycles. The van der Waals surface area contributed by atoms with Crippen molar-refractivity contribution in [3.8, 4) is 0 Å². The first-order valence-corrected chi connectivity index (χ1v) is 5.52. The first-order chi connectivity index (χ1) is 9.47. The monoisotopic (exact) mass is 295 g/mol. The lowest BCUT2D eigenvalue weighted by molar-refractivity contribution is -0.394. The van der Waals surface area contributed by atoms with Gasteiger partial charge >= 0.3 is 5.69 Å². The molecule has 0 spiro atoms. The van der Waals surface area contributed by atoms with E-state index in [4.69, 9.17) is 11.6 Å². The second-order valence-electron chi connectivity index (χ2n) is 3.56. The SMILES string of the molecule is O=[N+]([O-])c1cnc(Nc2ccc(Cl)cn2)c([N+](=O)[O-])c1. The highest BCUT2D eigenvalue weighted by atomic mass is 35.5. The van der Waals surface area contributed by atoms with Crippen molar-refractivity contribution >= 4 is 34.6 Å². The van der Waals surface area contributed by atoms with Crippen molar-refractivity contribution in [2.75, 3.05) is 5.32 Å². The highest BCUT2D eigenvalue weighted by Crippen LogP contribution is 2.28. The quantitative estimate of drug-likeness (QED) is 0.679. The second kappa shape index (κ2) is 5.45. The predicted octanol–water partition coefficient (Wildman–Crippen LogP) is 2.69. The summed E-state index contributed by atoms with van der Waals surface area (Å²) in [5.41, 5.74) is -0.984. The zero-order chi connectivity index (χ0) is 14.7. The van der Waals surface area contributed by atoms with Gasteiger partial charge in [0.2, 0.25) is 5.82 Å². The molecule has 0 amide bonds. The molecule has 10 heteroatoms. The van der Waals surface area contributed by atoms with E-state index in [2.05, 4.69) is 15.3 Å². The number of nitrogens with zero attached hydrogens (tertiary/aromatic N) is 4. The minimum Gasteiger partial charge on any atom is -0.319 e. The van der Waals surface area contributed by atoms with E-state index in [1.54, 1.807) is 0 Å². The Morgan fingerprint density at radius 3 is 2.40 bits per heavy atom. The minimum absolute atomic E-state index is 0.143. The molecule has 1 N–H and O–H groups in total. The molecular formula is C10H6ClN5O4. The number of pyridine rings is 2. The molecule has 0 saturated carbocycles. The van der Waals surface area contributed by atoms with Gasteiger partial charge in [0.05, 0.1) is 20.9 Å². The Labute approximate surface area is 116 Å². The largest absolute Gasteiger partial charge is 0.319 e. The lowest BCUT2D eigenvalue weighted by atomic mass is 10.3. The molecule has 0 saturated heterocycles. The van der Waals surface area contributed by atoms with E-state index in [0.29, 0.717) is 5.02 Å². The van der Waals surface area contributed by atoms with Crippen LogP contribution in [0, 0.1) is 20.2 Å². The number of nitro groups is 2. The fourth-order valence-electron chi connectivity index (χ4n) is 1.35. The molecule has 102 valence electrons. The summed E-state index contributed by atoms with van der Waals surface area (Å²) in [4.78, 5) is 27.5. The number of hydrogen-bond acceptors (Lipinski definition) is 7. The van der Waals surface area contributed by atoms with Crippen molar-refractivity contribution in [1.29, 1.82) is 0 Å². The maximum atomic E-state index is 10.9. The van der Waals surface area contributed by atoms with E-state index in [1.165, 1.54) is 18.3 Å². The third-order valence-electron chi connectivity index (χ3n) is 2.23. The van der Waals surface area contributed by atoms with Crippen LogP contribution in [0.15, 0.2) is 30.6 Å². The third-order valence-corrected chi connectivity index (χ3v) is 2.46. The van der Waals surface area contributed by atoms with Crippen molar-refractivity contribution in [2.45, 2.75) is 0 Å². The summed E-state index contributed by atoms with van der Waals surface area (Å²) in [5, 5.41) is 24.5. The van der Waals surface area contributed by atoms with Gasteiger partial charge in [0.25, 0.3) is 5.69 Å². The Morgan fingerprint density at radius 1 is 1.10 bits per heavy atom. The average molecular weight is 296 g/mol. The Bertz CT molecular complexity index is 676. The van der Waals surface area contributed by atoms with E-state index < -0.39 is 21.2 Å². The first kappa shape index (κ1) is 13.6. The van der Waals surface area contributed by atoms with E-state index in [0.717, 1.165) is 12.3 Å². The van der Waals surface area contributed by atoms with Gasteiger partial charge in [-0.05, 0) is 12.1 Å². The number of rotatable bonds is 4. The van der Waals surface area contributed by atoms with Crippen LogP contribution in [0.2, 0.25) is 5.02 Å². The summed E-state index contributed by atoms with van der Waals surface area (Å²) >= 11 is 5.66. The highest BCUT2D eigenvalue weighted by Gasteiger charge is 2.21. The molecule has 0 unspecified atom stereocenters. The fourth-order valence-corrected chi connectivity index (χ4v) is 1.46. The lowest BCUT2D eigenvalue weighted by Crippen LogP contribution is -2.02. The van der Waals surface area contributed by atoms with Crippen molar-refractivity contribution in [3.05, 3.63) is 55.8 Å². The van der Waals surface area contributed by atoms with Gasteiger partial charge in [0.15, 0.2) is 0 Å². The van der Waals surface area contributed by atoms with Crippen molar-refractivity contribution in [3.63, 3.8) is 0 Å². The van der Waals surface area contributed by atoms with Crippen LogP contribution in [0.5, 0.6) is 0 Å². The topological polar surface area (TPSA) is 124 Å². The second-order valence-corrected chi connectivity index (χ2v) is 4.00. The van der Waals surface area contributed by atoms with E-state index in [-0.39, 0.29) is 11.6 Å². The molecule has 0 radical (unpaired) electrons. The van der Waals surface area contributed by atoms with Gasteiger partial charge in [-0.25, -0.2) is 9.97 Å². The van der Waals surface area contributed by atoms with E-state index >= 15 is 0 Å². The molecule has 0 aliphatic rings. The summed E-state index contributed by atoms with van der Waals surface area (Å²) in [6, 6.07) is 3.86. The zero-order valence-electron chi connectivity index (χ0n) is 9.69. The van der Waals surface area contributed by atoms with Gasteiger partial charge in [0, 0.05) is 6.20 Å². The number of anilines is 2. The predicted molar refractivity (Wildman–Crippen MR) is 70.1 cm³/mol. The zero-order valence-corrected chi connectivity index (χ0v) is 10.4. The van der Waals surface area contributed by atoms with Crippen LogP contribution >= 0.6 is 11.6 Å². The van der Waals surface area contributed by atoms with Crippen molar-refractivity contribution in [1.82, 2.24) is 9.97 Å². The van der Waals surface area contributed by atoms with Crippen molar-refractivity contribution in [2.24, 2.45) is 0 Å². The fraction of sp³-hybridized carbons (Fsp3) is 0. The summed E-state index contributed by atoms with van der Waals surface area (Å²) in [6.07, 6.45) is 2.27. The minimum atomic E-state index is -0.766. The molecule has 2 aromatic heterocycles. The number of aromatic nitrogens is 2. The first-order valence-electron chi connectivity index (χ1n) is 5.15. The molecule has 2 aromatic rings. The standard InChI is InChI=1S/C10H6ClN5O4/c11-6-1-2-9(12-4-6)14-10-8(16(19)20)3-7(5-13-10)15(17)18/h1-5H,(H,12,13,14). The molecule has 0 aliphatic heterocycles. The summed E-state index contributed by atoms with van der Waals surface area (Å²) in [5.74, 6) is 0.134. The van der Waals surface area contributed by atoms with Gasteiger partial charge in [-0.1, -0.05) is 11.6 Å². The normalized spacial score (nSPS) is 10.1. The molecule has 0 atom stereocenters. The number of hydrogen-bond donors (Lipinski definition) is 1. The summed E-state index contributed by atoms with van der Waals surface area (Å²) in [6.45, 7) is 0. The maximum absolute atomic E-state index is 10.9. The molecule has 9 nitrogen and oxygen atoms in total. The molecule has 0 fully saturated rings. The van der Waals surface area contributed by atoms with Crippen LogP contribution in [0.25, 0.3) is 0 Å². The smallest absolute Gasteiger partial charge is 0.318 e. The average Bonchev–Trinajstić information content (AvgIpc) is 2.41. The van der Waals surface area contributed by atoms with Crippen LogP contribution in [-0.2, 0) is 0 Å². The summed E-state index contributed by atoms with van der Waals surface area (Å²) < 4.78 is 0. The van der Waals surface area contributed by atoms with Crippen LogP contribution in [0.4, 0.5) is 23.0 Å². The Kier molecular flexibility index (Phi) is 3.71. The third kappa shape index (κ3) is 2.95. The van der Waals surface area contributed by atoms with Gasteiger partial charge in [0.1, 0.15) is 12.0 Å². The highest BCUT2D eigenvalue weighted by molar-refractivity contribution is 6.30. The Balaban J connectivity index is 2.38. The molecule has 0 aliphatic carbocycles. The lowest BCUT2D eigenvalue weighted by Gasteiger charge is -2.04. The number of nitrogens with one attached hydrogen (secondary N) is 1. The van der Waals surface area contributed by atoms with E-state index in [9.17, 15) is 20.2 Å². The Morgan fingerprint density at radius 2 is 1.85 bits per heavy atom. The summed E-state index contributed by atoms with van der Waals surface area (Å²) in [7, 11) is 0. The van der Waals surface area contributed by atoms with Crippen LogP contribution in [0.3, 0.4) is 0 Å². The van der Waals surface area contributed by atoms with E-state index in [1.807, 2.05) is 0 Å². The molecule has 0 bridgehead atoms. The van der Waals surface area contributed by atoms with Gasteiger partial charge < -0.3 is 5.32 Å². The van der Waals surface area contributed by atoms with Gasteiger partial charge in [-0.3, -0.25) is 20.2 Å². The van der Waals surface area contributed by atoms with Crippen LogP contribution in [-0.4, -0.2) is 19.8 Å². The Hall–Kier alpha value is -2.81. The molecule has 2 rings (SSSR count). The molecule has 20 heavy (non-hydrogen) atoms. The maximum Gasteiger partial charge on any atom is 0.318 e. The van der Waals surface area contributed by atoms with Gasteiger partial charge in [-0.15, -0.1) is 0 Å². The molecule has 0 aromatic carbocycles. The van der Waals surface area contributed by atoms with Crippen LogP contribution < -0.4 is 5.32 Å². The molecular weight excluding hydrogens is 290 g/mol. The van der Waals surface area contributed by atoms with Crippen LogP contribution in [0.1, 0.15) is 0 Å². The van der Waals surface area contributed by atoms with Crippen molar-refractivity contribution < 1.29 is 9.85 Å². The number of halogens is 1.